The standard InChI is InChI=1S/C29H27ClNOP/c30-33(27-12-4-1-5-13-27,28-14-6-2-7-15-28,29-16-8-3-9-17-29)24-25-18-20-26(21-19-25)32-23-11-10-22-31/h1-9,12-21H,10-11,23-24H2. The molecule has 33 heavy (non-hydrogen) atoms. The number of ether oxygens (including phenoxy) is 1. The molecule has 0 aliphatic carbocycles. The van der Waals surface area contributed by atoms with Crippen molar-refractivity contribution in [3.8, 4) is 11.8 Å². The molecule has 0 atom stereocenters. The average molecular weight is 472 g/mol. The van der Waals surface area contributed by atoms with Crippen molar-refractivity contribution in [2.45, 2.75) is 19.0 Å². The Bertz CT molecular complexity index is 1110. The van der Waals surface area contributed by atoms with Crippen LogP contribution in [0.2, 0.25) is 0 Å². The van der Waals surface area contributed by atoms with E-state index in [0.29, 0.717) is 19.2 Å². The summed E-state index contributed by atoms with van der Waals surface area (Å²) in [6.45, 7) is 0.542. The van der Waals surface area contributed by atoms with Crippen molar-refractivity contribution in [1.29, 1.82) is 5.26 Å². The number of benzene rings is 4. The molecule has 0 saturated carbocycles. The van der Waals surface area contributed by atoms with Gasteiger partial charge in [-0.05, 0) is 0 Å². The minimum atomic E-state index is -3.34. The molecule has 166 valence electrons. The van der Waals surface area contributed by atoms with Crippen molar-refractivity contribution >= 4 is 33.1 Å². The third-order valence-electron chi connectivity index (χ3n) is 5.99. The zero-order valence-corrected chi connectivity index (χ0v) is 20.1. The number of unbranched alkanes of at least 4 members (excludes halogenated alkanes) is 1. The molecule has 0 bridgehead atoms. The Balaban J connectivity index is 1.81. The zero-order valence-electron chi connectivity index (χ0n) is 18.5. The number of nitriles is 1. The fourth-order valence-corrected chi connectivity index (χ4v) is 10.5. The zero-order chi connectivity index (χ0) is 23.0. The first-order valence-electron chi connectivity index (χ1n) is 11.1. The van der Waals surface area contributed by atoms with Gasteiger partial charge in [0.05, 0.1) is 0 Å². The summed E-state index contributed by atoms with van der Waals surface area (Å²) in [6.07, 6.45) is 1.93. The van der Waals surface area contributed by atoms with Crippen LogP contribution >= 0.6 is 17.2 Å². The van der Waals surface area contributed by atoms with E-state index in [1.807, 2.05) is 30.3 Å². The van der Waals surface area contributed by atoms with Gasteiger partial charge in [0.25, 0.3) is 0 Å². The van der Waals surface area contributed by atoms with Gasteiger partial charge in [0.1, 0.15) is 0 Å². The van der Waals surface area contributed by atoms with Crippen molar-refractivity contribution in [3.63, 3.8) is 0 Å². The first-order chi connectivity index (χ1) is 16.1. The number of halogens is 1. The Labute approximate surface area is 201 Å². The van der Waals surface area contributed by atoms with E-state index in [-0.39, 0.29) is 0 Å². The Morgan fingerprint density at radius 1 is 0.667 bits per heavy atom. The molecule has 0 fully saturated rings. The molecule has 4 heteroatoms. The van der Waals surface area contributed by atoms with Gasteiger partial charge in [-0.3, -0.25) is 0 Å². The van der Waals surface area contributed by atoms with Crippen molar-refractivity contribution in [2.24, 2.45) is 0 Å². The summed E-state index contributed by atoms with van der Waals surface area (Å²) < 4.78 is 5.80. The van der Waals surface area contributed by atoms with Gasteiger partial charge in [0.15, 0.2) is 0 Å². The summed E-state index contributed by atoms with van der Waals surface area (Å²) in [4.78, 5) is 0. The van der Waals surface area contributed by atoms with Crippen LogP contribution in [0.3, 0.4) is 0 Å². The molecule has 2 nitrogen and oxygen atoms in total. The van der Waals surface area contributed by atoms with Crippen LogP contribution in [0.1, 0.15) is 18.4 Å². The molecule has 4 aromatic rings. The van der Waals surface area contributed by atoms with Crippen LogP contribution in [0.15, 0.2) is 115 Å². The molecule has 0 saturated heterocycles. The monoisotopic (exact) mass is 471 g/mol. The normalized spacial score (nSPS) is 12.3. The SMILES string of the molecule is N#CCCCOc1ccc(CP(Cl)(c2ccccc2)(c2ccccc2)c2ccccc2)cc1. The quantitative estimate of drug-likeness (QED) is 0.205. The fourth-order valence-electron chi connectivity index (χ4n) is 4.31. The van der Waals surface area contributed by atoms with E-state index in [4.69, 9.17) is 21.2 Å². The average Bonchev–Trinajstić information content (AvgIpc) is 2.89. The number of hydrogen-bond donors (Lipinski definition) is 0. The van der Waals surface area contributed by atoms with Crippen LogP contribution in [-0.4, -0.2) is 6.61 Å². The topological polar surface area (TPSA) is 33.0 Å². The van der Waals surface area contributed by atoms with Crippen LogP contribution in [0.5, 0.6) is 5.75 Å². The van der Waals surface area contributed by atoms with E-state index in [9.17, 15) is 0 Å². The molecule has 0 amide bonds. The van der Waals surface area contributed by atoms with E-state index in [2.05, 4.69) is 91.0 Å². The Morgan fingerprint density at radius 3 is 1.55 bits per heavy atom. The second-order valence-electron chi connectivity index (χ2n) is 8.10. The van der Waals surface area contributed by atoms with Gasteiger partial charge in [-0.25, -0.2) is 0 Å². The summed E-state index contributed by atoms with van der Waals surface area (Å²) in [5.41, 5.74) is 1.16. The molecule has 4 rings (SSSR count). The maximum atomic E-state index is 8.70. The molecule has 0 aliphatic rings. The summed E-state index contributed by atoms with van der Waals surface area (Å²) >= 11 is 8.14. The number of nitrogens with zero attached hydrogens (tertiary/aromatic N) is 1. The molecule has 0 unspecified atom stereocenters. The second-order valence-corrected chi connectivity index (χ2v) is 14.6. The molecule has 4 aromatic carbocycles. The summed E-state index contributed by atoms with van der Waals surface area (Å²) in [7, 11) is 0. The van der Waals surface area contributed by atoms with Gasteiger partial charge in [0, 0.05) is 0 Å². The first kappa shape index (κ1) is 23.1. The van der Waals surface area contributed by atoms with Crippen molar-refractivity contribution < 1.29 is 4.74 Å². The Morgan fingerprint density at radius 2 is 1.12 bits per heavy atom. The van der Waals surface area contributed by atoms with Crippen LogP contribution in [-0.2, 0) is 6.16 Å². The van der Waals surface area contributed by atoms with E-state index in [1.165, 1.54) is 0 Å². The molecule has 0 radical (unpaired) electrons. The van der Waals surface area contributed by atoms with E-state index < -0.39 is 5.96 Å². The predicted molar refractivity (Wildman–Crippen MR) is 141 cm³/mol. The van der Waals surface area contributed by atoms with Gasteiger partial charge in [-0.15, -0.1) is 0 Å². The first-order valence-corrected chi connectivity index (χ1v) is 14.5. The molecular formula is C29H27ClNOP. The fraction of sp³-hybridized carbons (Fsp3) is 0.138. The molecular weight excluding hydrogens is 445 g/mol. The minimum absolute atomic E-state index is 0.504. The molecule has 0 spiro atoms. The van der Waals surface area contributed by atoms with Gasteiger partial charge >= 0.3 is 201 Å². The van der Waals surface area contributed by atoms with E-state index in [0.717, 1.165) is 33.6 Å². The summed E-state index contributed by atoms with van der Waals surface area (Å²) in [5, 5.41) is 12.2. The van der Waals surface area contributed by atoms with Crippen molar-refractivity contribution in [1.82, 2.24) is 0 Å². The molecule has 0 N–H and O–H groups in total. The maximum absolute atomic E-state index is 8.70. The molecule has 0 aromatic heterocycles. The van der Waals surface area contributed by atoms with Crippen LogP contribution in [0, 0.1) is 11.3 Å². The Kier molecular flexibility index (Phi) is 7.14. The third-order valence-corrected chi connectivity index (χ3v) is 13.2. The number of hydrogen-bond acceptors (Lipinski definition) is 2. The van der Waals surface area contributed by atoms with Crippen LogP contribution in [0.25, 0.3) is 0 Å². The van der Waals surface area contributed by atoms with E-state index >= 15 is 0 Å². The van der Waals surface area contributed by atoms with Gasteiger partial charge in [0.2, 0.25) is 0 Å². The van der Waals surface area contributed by atoms with Gasteiger partial charge in [-0.2, -0.15) is 0 Å². The van der Waals surface area contributed by atoms with E-state index in [1.54, 1.807) is 0 Å². The van der Waals surface area contributed by atoms with Gasteiger partial charge < -0.3 is 0 Å². The predicted octanol–water partition coefficient (Wildman–Crippen LogP) is 6.55. The van der Waals surface area contributed by atoms with Gasteiger partial charge in [-0.1, -0.05) is 0 Å². The third kappa shape index (κ3) is 4.67. The van der Waals surface area contributed by atoms with Crippen LogP contribution < -0.4 is 20.7 Å². The molecule has 0 aliphatic heterocycles. The summed E-state index contributed by atoms with van der Waals surface area (Å²) in [5.74, 6) is -2.53. The van der Waals surface area contributed by atoms with Crippen molar-refractivity contribution in [3.05, 3.63) is 121 Å². The number of rotatable bonds is 9. The second kappa shape index (κ2) is 10.2. The summed E-state index contributed by atoms with van der Waals surface area (Å²) in [6, 6.07) is 41.9. The van der Waals surface area contributed by atoms with Crippen LogP contribution in [0.4, 0.5) is 0 Å². The Hall–Kier alpha value is -3.11. The van der Waals surface area contributed by atoms with Crippen molar-refractivity contribution in [2.75, 3.05) is 6.61 Å². The molecule has 0 heterocycles.